The number of rotatable bonds is 2. The predicted octanol–water partition coefficient (Wildman–Crippen LogP) is 2.97. The lowest BCUT2D eigenvalue weighted by Crippen LogP contribution is -2.64. The second-order valence-corrected chi connectivity index (χ2v) is 6.19. The molecule has 1 atom stereocenters. The number of ether oxygens (including phenoxy) is 1. The average molecular weight is 305 g/mol. The standard InChI is InChI=1S/C16H20N2O4/c1-5-22-14(19)13-9-10-8-11(17)6-7-12(10)18(13,15(20)21)16(2,3)4/h6-9H,5,17H2,1-4H3/p+1. The third kappa shape index (κ3) is 2.07. The lowest BCUT2D eigenvalue weighted by molar-refractivity contribution is -0.140. The van der Waals surface area contributed by atoms with Crippen molar-refractivity contribution >= 4 is 29.5 Å². The first kappa shape index (κ1) is 16.0. The third-order valence-electron chi connectivity index (χ3n) is 3.84. The molecule has 0 spiro atoms. The maximum Gasteiger partial charge on any atom is 0.524 e. The Labute approximate surface area is 129 Å². The zero-order chi connectivity index (χ0) is 16.7. The van der Waals surface area contributed by atoms with Crippen LogP contribution in [-0.2, 0) is 9.53 Å². The molecule has 22 heavy (non-hydrogen) atoms. The maximum atomic E-state index is 12.4. The van der Waals surface area contributed by atoms with E-state index in [2.05, 4.69) is 0 Å². The van der Waals surface area contributed by atoms with Gasteiger partial charge in [-0.1, -0.05) is 0 Å². The molecule has 118 valence electrons. The number of hydrogen-bond donors (Lipinski definition) is 2. The van der Waals surface area contributed by atoms with Crippen LogP contribution in [0.3, 0.4) is 0 Å². The van der Waals surface area contributed by atoms with Gasteiger partial charge in [0.15, 0.2) is 5.69 Å². The number of anilines is 1. The quantitative estimate of drug-likeness (QED) is 0.498. The van der Waals surface area contributed by atoms with E-state index in [1.165, 1.54) is 0 Å². The Morgan fingerprint density at radius 1 is 1.32 bits per heavy atom. The minimum Gasteiger partial charge on any atom is -0.458 e. The van der Waals surface area contributed by atoms with Crippen LogP contribution in [-0.4, -0.2) is 29.3 Å². The summed E-state index contributed by atoms with van der Waals surface area (Å²) >= 11 is 0. The lowest BCUT2D eigenvalue weighted by Gasteiger charge is -2.40. The molecule has 6 nitrogen and oxygen atoms in total. The van der Waals surface area contributed by atoms with Crippen molar-refractivity contribution in [1.29, 1.82) is 0 Å². The molecule has 1 aliphatic rings. The molecule has 0 aliphatic carbocycles. The van der Waals surface area contributed by atoms with Crippen LogP contribution < -0.4 is 10.2 Å². The minimum atomic E-state index is -1.13. The van der Waals surface area contributed by atoms with Gasteiger partial charge in [-0.05, 0) is 39.8 Å². The monoisotopic (exact) mass is 305 g/mol. The van der Waals surface area contributed by atoms with E-state index in [9.17, 15) is 14.7 Å². The van der Waals surface area contributed by atoms with Crippen molar-refractivity contribution < 1.29 is 19.4 Å². The summed E-state index contributed by atoms with van der Waals surface area (Å²) in [7, 11) is 0. The molecule has 0 aromatic heterocycles. The molecule has 0 fully saturated rings. The summed E-state index contributed by atoms with van der Waals surface area (Å²) in [4.78, 5) is 24.6. The number of hydrogen-bond acceptors (Lipinski definition) is 4. The first-order valence-electron chi connectivity index (χ1n) is 7.08. The van der Waals surface area contributed by atoms with Gasteiger partial charge in [-0.2, -0.15) is 4.79 Å². The largest absolute Gasteiger partial charge is 0.524 e. The fraction of sp³-hybridized carbons (Fsp3) is 0.375. The molecular weight excluding hydrogens is 284 g/mol. The number of benzene rings is 1. The van der Waals surface area contributed by atoms with Gasteiger partial charge in [0.1, 0.15) is 5.54 Å². The van der Waals surface area contributed by atoms with E-state index in [4.69, 9.17) is 10.5 Å². The Kier molecular flexibility index (Phi) is 3.74. The van der Waals surface area contributed by atoms with Gasteiger partial charge >= 0.3 is 12.1 Å². The summed E-state index contributed by atoms with van der Waals surface area (Å²) < 4.78 is 4.46. The van der Waals surface area contributed by atoms with E-state index < -0.39 is 22.1 Å². The van der Waals surface area contributed by atoms with Crippen LogP contribution in [0, 0.1) is 0 Å². The molecule has 2 rings (SSSR count). The summed E-state index contributed by atoms with van der Waals surface area (Å²) in [5, 5.41) is 10.00. The summed E-state index contributed by atoms with van der Waals surface area (Å²) in [5.74, 6) is -0.630. The molecule has 1 amide bonds. The normalized spacial score (nSPS) is 20.3. The van der Waals surface area contributed by atoms with Crippen LogP contribution >= 0.6 is 0 Å². The van der Waals surface area contributed by atoms with Gasteiger partial charge in [-0.25, -0.2) is 4.79 Å². The Bertz CT molecular complexity index is 673. The first-order chi connectivity index (χ1) is 10.2. The molecule has 1 aromatic carbocycles. The number of amides is 1. The van der Waals surface area contributed by atoms with Crippen LogP contribution in [0.15, 0.2) is 23.9 Å². The number of quaternary nitrogens is 1. The summed E-state index contributed by atoms with van der Waals surface area (Å²) in [6, 6.07) is 4.97. The molecule has 1 aliphatic heterocycles. The molecule has 0 radical (unpaired) electrons. The molecule has 0 saturated heterocycles. The number of nitrogen functional groups attached to an aromatic ring is 1. The number of carbonyl (C=O) groups excluding carboxylic acids is 1. The van der Waals surface area contributed by atoms with E-state index in [-0.39, 0.29) is 12.3 Å². The second kappa shape index (κ2) is 5.14. The summed E-state index contributed by atoms with van der Waals surface area (Å²) in [6.45, 7) is 7.20. The number of nitrogens with two attached hydrogens (primary N) is 1. The Hall–Kier alpha value is -2.34. The SMILES string of the molecule is CCOC(=O)C1=Cc2cc(N)ccc2[N+]1(C(=O)O)C(C)(C)C. The minimum absolute atomic E-state index is 0.0856. The summed E-state index contributed by atoms with van der Waals surface area (Å²) in [6.07, 6.45) is 0.429. The van der Waals surface area contributed by atoms with Gasteiger partial charge < -0.3 is 15.6 Å². The van der Waals surface area contributed by atoms with Crippen molar-refractivity contribution in [2.24, 2.45) is 0 Å². The van der Waals surface area contributed by atoms with Gasteiger partial charge in [0, 0.05) is 23.4 Å². The molecule has 1 aromatic rings. The third-order valence-corrected chi connectivity index (χ3v) is 3.84. The molecule has 1 unspecified atom stereocenters. The van der Waals surface area contributed by atoms with Crippen LogP contribution in [0.25, 0.3) is 6.08 Å². The maximum absolute atomic E-state index is 12.4. The van der Waals surface area contributed by atoms with Crippen molar-refractivity contribution in [3.63, 3.8) is 0 Å². The van der Waals surface area contributed by atoms with Gasteiger partial charge in [-0.3, -0.25) is 0 Å². The fourth-order valence-corrected chi connectivity index (χ4v) is 2.98. The van der Waals surface area contributed by atoms with Crippen molar-refractivity contribution in [3.8, 4) is 0 Å². The highest BCUT2D eigenvalue weighted by atomic mass is 16.5. The molecule has 6 heteroatoms. The summed E-state index contributed by atoms with van der Waals surface area (Å²) in [5.41, 5.74) is 6.73. The number of carbonyl (C=O) groups is 2. The molecule has 1 heterocycles. The fourth-order valence-electron chi connectivity index (χ4n) is 2.98. The number of fused-ring (bicyclic) bond motifs is 1. The number of nitrogens with zero attached hydrogens (tertiary/aromatic N) is 1. The van der Waals surface area contributed by atoms with Crippen LogP contribution in [0.4, 0.5) is 16.2 Å². The second-order valence-electron chi connectivity index (χ2n) is 6.19. The van der Waals surface area contributed by atoms with Crippen molar-refractivity contribution in [3.05, 3.63) is 29.5 Å². The lowest BCUT2D eigenvalue weighted by atomic mass is 9.99. The average Bonchev–Trinajstić information content (AvgIpc) is 2.73. The Morgan fingerprint density at radius 3 is 2.45 bits per heavy atom. The highest BCUT2D eigenvalue weighted by molar-refractivity contribution is 6.08. The van der Waals surface area contributed by atoms with Gasteiger partial charge in [0.2, 0.25) is 5.70 Å². The van der Waals surface area contributed by atoms with Gasteiger partial charge in [0.25, 0.3) is 0 Å². The van der Waals surface area contributed by atoms with Crippen LogP contribution in [0.2, 0.25) is 0 Å². The highest BCUT2D eigenvalue weighted by Gasteiger charge is 2.60. The zero-order valence-electron chi connectivity index (χ0n) is 13.2. The highest BCUT2D eigenvalue weighted by Crippen LogP contribution is 2.47. The molecule has 3 N–H and O–H groups in total. The predicted molar refractivity (Wildman–Crippen MR) is 85.0 cm³/mol. The van der Waals surface area contributed by atoms with Crippen LogP contribution in [0.1, 0.15) is 33.3 Å². The van der Waals surface area contributed by atoms with Gasteiger partial charge in [-0.15, -0.1) is 4.48 Å². The zero-order valence-corrected chi connectivity index (χ0v) is 13.2. The van der Waals surface area contributed by atoms with Gasteiger partial charge in [0.05, 0.1) is 6.61 Å². The number of carboxylic acid groups (broad SMARTS) is 1. The van der Waals surface area contributed by atoms with E-state index in [1.54, 1.807) is 52.0 Å². The Morgan fingerprint density at radius 2 is 1.95 bits per heavy atom. The van der Waals surface area contributed by atoms with Crippen molar-refractivity contribution in [1.82, 2.24) is 4.48 Å². The van der Waals surface area contributed by atoms with Crippen molar-refractivity contribution in [2.75, 3.05) is 12.3 Å². The van der Waals surface area contributed by atoms with Crippen molar-refractivity contribution in [2.45, 2.75) is 33.2 Å². The molecule has 0 bridgehead atoms. The molecule has 0 saturated carbocycles. The first-order valence-corrected chi connectivity index (χ1v) is 7.08. The van der Waals surface area contributed by atoms with E-state index in [0.717, 1.165) is 0 Å². The topological polar surface area (TPSA) is 89.6 Å². The van der Waals surface area contributed by atoms with E-state index in [0.29, 0.717) is 16.9 Å². The molecular formula is C16H21N2O4+. The van der Waals surface area contributed by atoms with E-state index in [1.807, 2.05) is 0 Å². The smallest absolute Gasteiger partial charge is 0.458 e. The number of esters is 1. The Balaban J connectivity index is 2.79. The van der Waals surface area contributed by atoms with Crippen LogP contribution in [0.5, 0.6) is 0 Å². The van der Waals surface area contributed by atoms with E-state index >= 15 is 0 Å².